The molecule has 3 aromatic rings. The highest BCUT2D eigenvalue weighted by molar-refractivity contribution is 7.22. The minimum absolute atomic E-state index is 0.164. The lowest BCUT2D eigenvalue weighted by atomic mass is 10.1. The third-order valence-corrected chi connectivity index (χ3v) is 7.22. The average molecular weight is 438 g/mol. The van der Waals surface area contributed by atoms with E-state index in [1.807, 2.05) is 18.2 Å². The van der Waals surface area contributed by atoms with Crippen LogP contribution in [0.4, 0.5) is 5.13 Å². The Kier molecular flexibility index (Phi) is 5.74. The molecule has 8 heteroatoms. The van der Waals surface area contributed by atoms with Crippen molar-refractivity contribution in [1.82, 2.24) is 20.2 Å². The maximum Gasteiger partial charge on any atom is 0.251 e. The van der Waals surface area contributed by atoms with E-state index in [2.05, 4.69) is 20.1 Å². The van der Waals surface area contributed by atoms with Crippen LogP contribution in [-0.4, -0.2) is 60.0 Å². The molecule has 2 aromatic heterocycles. The molecule has 4 heterocycles. The third-order valence-electron chi connectivity index (χ3n) is 6.14. The zero-order chi connectivity index (χ0) is 21.2. The van der Waals surface area contributed by atoms with Gasteiger partial charge in [-0.1, -0.05) is 17.8 Å². The second kappa shape index (κ2) is 8.80. The van der Waals surface area contributed by atoms with Crippen molar-refractivity contribution in [3.8, 4) is 11.6 Å². The molecule has 5 rings (SSSR count). The summed E-state index contributed by atoms with van der Waals surface area (Å²) in [7, 11) is 1.60. The SMILES string of the molecule is CNC(=O)c1ccnc(Oc2ccc3nc(N4CCC(N5CCCCC5)C4)sc3c2)c1. The van der Waals surface area contributed by atoms with Crippen LogP contribution < -0.4 is 15.0 Å². The molecule has 31 heavy (non-hydrogen) atoms. The number of nitrogens with one attached hydrogen (secondary N) is 1. The highest BCUT2D eigenvalue weighted by Gasteiger charge is 2.30. The predicted octanol–water partition coefficient (Wildman–Crippen LogP) is 3.91. The highest BCUT2D eigenvalue weighted by Crippen LogP contribution is 2.35. The third kappa shape index (κ3) is 4.36. The topological polar surface area (TPSA) is 70.6 Å². The van der Waals surface area contributed by atoms with Gasteiger partial charge in [-0.05, 0) is 50.6 Å². The second-order valence-electron chi connectivity index (χ2n) is 8.18. The van der Waals surface area contributed by atoms with Crippen molar-refractivity contribution in [3.05, 3.63) is 42.1 Å². The monoisotopic (exact) mass is 437 g/mol. The summed E-state index contributed by atoms with van der Waals surface area (Å²) in [6.45, 7) is 4.63. The first-order chi connectivity index (χ1) is 15.2. The number of likely N-dealkylation sites (tertiary alicyclic amines) is 1. The van der Waals surface area contributed by atoms with Crippen LogP contribution in [0.2, 0.25) is 0 Å². The maximum absolute atomic E-state index is 11.8. The molecule has 2 aliphatic rings. The summed E-state index contributed by atoms with van der Waals surface area (Å²) >= 11 is 1.71. The van der Waals surface area contributed by atoms with Crippen LogP contribution in [0.1, 0.15) is 36.0 Å². The Bertz CT molecular complexity index is 1080. The number of amides is 1. The van der Waals surface area contributed by atoms with Crippen molar-refractivity contribution in [2.45, 2.75) is 31.7 Å². The van der Waals surface area contributed by atoms with Crippen molar-refractivity contribution >= 4 is 32.6 Å². The van der Waals surface area contributed by atoms with Crippen LogP contribution >= 0.6 is 11.3 Å². The number of fused-ring (bicyclic) bond motifs is 1. The van der Waals surface area contributed by atoms with Crippen LogP contribution in [0.5, 0.6) is 11.6 Å². The van der Waals surface area contributed by atoms with E-state index in [-0.39, 0.29) is 5.91 Å². The first kappa shape index (κ1) is 20.2. The van der Waals surface area contributed by atoms with Crippen LogP contribution in [0, 0.1) is 0 Å². The van der Waals surface area contributed by atoms with E-state index < -0.39 is 0 Å². The summed E-state index contributed by atoms with van der Waals surface area (Å²) in [5.41, 5.74) is 1.51. The van der Waals surface area contributed by atoms with E-state index in [1.54, 1.807) is 36.7 Å². The minimum atomic E-state index is -0.164. The van der Waals surface area contributed by atoms with Gasteiger partial charge in [0.1, 0.15) is 5.75 Å². The molecule has 2 saturated heterocycles. The van der Waals surface area contributed by atoms with E-state index >= 15 is 0 Å². The fraction of sp³-hybridized carbons (Fsp3) is 0.435. The van der Waals surface area contributed by atoms with Crippen molar-refractivity contribution in [2.24, 2.45) is 0 Å². The molecule has 2 aliphatic heterocycles. The zero-order valence-corrected chi connectivity index (χ0v) is 18.5. The van der Waals surface area contributed by atoms with E-state index in [0.717, 1.165) is 28.4 Å². The summed E-state index contributed by atoms with van der Waals surface area (Å²) in [6.07, 6.45) is 6.84. The Labute approximate surface area is 186 Å². The number of anilines is 1. The van der Waals surface area contributed by atoms with Gasteiger partial charge in [0.15, 0.2) is 5.13 Å². The number of benzene rings is 1. The minimum Gasteiger partial charge on any atom is -0.439 e. The van der Waals surface area contributed by atoms with Gasteiger partial charge >= 0.3 is 0 Å². The number of nitrogens with zero attached hydrogens (tertiary/aromatic N) is 4. The highest BCUT2D eigenvalue weighted by atomic mass is 32.1. The van der Waals surface area contributed by atoms with Gasteiger partial charge in [0.2, 0.25) is 5.88 Å². The van der Waals surface area contributed by atoms with Crippen molar-refractivity contribution in [1.29, 1.82) is 0 Å². The number of hydrogen-bond donors (Lipinski definition) is 1. The molecular weight excluding hydrogens is 410 g/mol. The molecule has 0 bridgehead atoms. The van der Waals surface area contributed by atoms with Gasteiger partial charge in [0, 0.05) is 50.1 Å². The Morgan fingerprint density at radius 3 is 2.87 bits per heavy atom. The van der Waals surface area contributed by atoms with Crippen LogP contribution in [0.15, 0.2) is 36.5 Å². The van der Waals surface area contributed by atoms with Crippen molar-refractivity contribution in [2.75, 3.05) is 38.1 Å². The van der Waals surface area contributed by atoms with Crippen molar-refractivity contribution in [3.63, 3.8) is 0 Å². The molecule has 162 valence electrons. The predicted molar refractivity (Wildman–Crippen MR) is 123 cm³/mol. The number of carbonyl (C=O) groups is 1. The van der Waals surface area contributed by atoms with Crippen LogP contribution in [-0.2, 0) is 0 Å². The summed E-state index contributed by atoms with van der Waals surface area (Å²) in [6, 6.07) is 9.86. The second-order valence-corrected chi connectivity index (χ2v) is 9.18. The Balaban J connectivity index is 1.30. The van der Waals surface area contributed by atoms with Gasteiger partial charge in [-0.3, -0.25) is 9.69 Å². The molecule has 0 spiro atoms. The Morgan fingerprint density at radius 2 is 2.03 bits per heavy atom. The lowest BCUT2D eigenvalue weighted by Gasteiger charge is -2.32. The van der Waals surface area contributed by atoms with Gasteiger partial charge in [-0.15, -0.1) is 0 Å². The molecule has 0 radical (unpaired) electrons. The Morgan fingerprint density at radius 1 is 1.16 bits per heavy atom. The largest absolute Gasteiger partial charge is 0.439 e. The molecule has 1 unspecified atom stereocenters. The summed E-state index contributed by atoms with van der Waals surface area (Å²) < 4.78 is 7.01. The van der Waals surface area contributed by atoms with E-state index in [0.29, 0.717) is 23.2 Å². The van der Waals surface area contributed by atoms with Crippen molar-refractivity contribution < 1.29 is 9.53 Å². The molecule has 0 saturated carbocycles. The summed E-state index contributed by atoms with van der Waals surface area (Å²) in [4.78, 5) is 26.0. The summed E-state index contributed by atoms with van der Waals surface area (Å²) in [5.74, 6) is 0.925. The van der Waals surface area contributed by atoms with Gasteiger partial charge in [0.05, 0.1) is 10.2 Å². The van der Waals surface area contributed by atoms with Gasteiger partial charge in [-0.25, -0.2) is 9.97 Å². The molecular formula is C23H27N5O2S. The molecule has 1 N–H and O–H groups in total. The lowest BCUT2D eigenvalue weighted by Crippen LogP contribution is -2.40. The quantitative estimate of drug-likeness (QED) is 0.653. The summed E-state index contributed by atoms with van der Waals surface area (Å²) in [5, 5.41) is 3.70. The first-order valence-corrected chi connectivity index (χ1v) is 11.8. The zero-order valence-electron chi connectivity index (χ0n) is 17.7. The van der Waals surface area contributed by atoms with E-state index in [4.69, 9.17) is 9.72 Å². The number of piperidine rings is 1. The standard InChI is InChI=1S/C23H27N5O2S/c1-24-22(29)16-7-9-25-21(13-16)30-18-5-6-19-20(14-18)31-23(26-19)28-12-8-17(15-28)27-10-3-2-4-11-27/h5-7,9,13-14,17H,2-4,8,10-12,15H2,1H3,(H,24,29). The van der Waals surface area contributed by atoms with Crippen LogP contribution in [0.25, 0.3) is 10.2 Å². The number of pyridine rings is 1. The number of rotatable bonds is 5. The molecule has 1 amide bonds. The van der Waals surface area contributed by atoms with Crippen LogP contribution in [0.3, 0.4) is 0 Å². The molecule has 7 nitrogen and oxygen atoms in total. The van der Waals surface area contributed by atoms with Gasteiger partial charge in [0.25, 0.3) is 5.91 Å². The maximum atomic E-state index is 11.8. The first-order valence-electron chi connectivity index (χ1n) is 11.0. The number of thiazole rings is 1. The fourth-order valence-electron chi connectivity index (χ4n) is 4.46. The fourth-order valence-corrected chi connectivity index (χ4v) is 5.49. The van der Waals surface area contributed by atoms with Gasteiger partial charge in [-0.2, -0.15) is 0 Å². The normalized spacial score (nSPS) is 19.6. The smallest absolute Gasteiger partial charge is 0.251 e. The lowest BCUT2D eigenvalue weighted by molar-refractivity contribution is 0.0962. The molecule has 2 fully saturated rings. The number of ether oxygens (including phenoxy) is 1. The van der Waals surface area contributed by atoms with E-state index in [9.17, 15) is 4.79 Å². The number of aromatic nitrogens is 2. The molecule has 1 atom stereocenters. The number of hydrogen-bond acceptors (Lipinski definition) is 7. The number of carbonyl (C=O) groups excluding carboxylic acids is 1. The molecule has 1 aromatic carbocycles. The average Bonchev–Trinajstić information content (AvgIpc) is 3.46. The Hall–Kier alpha value is -2.71. The van der Waals surface area contributed by atoms with E-state index in [1.165, 1.54) is 38.8 Å². The molecule has 0 aliphatic carbocycles. The van der Waals surface area contributed by atoms with Gasteiger partial charge < -0.3 is 15.0 Å².